The van der Waals surface area contributed by atoms with Crippen molar-refractivity contribution < 1.29 is 14.2 Å². The fourth-order valence-corrected chi connectivity index (χ4v) is 2.09. The average Bonchev–Trinajstić information content (AvgIpc) is 2.57. The molecule has 0 aliphatic heterocycles. The predicted molar refractivity (Wildman–Crippen MR) is 98.8 cm³/mol. The number of nitrogen functional groups attached to an aromatic ring is 1. The van der Waals surface area contributed by atoms with Gasteiger partial charge in [-0.2, -0.15) is 0 Å². The Labute approximate surface area is 145 Å². The molecule has 2 N–H and O–H groups in total. The fraction of sp³-hybridized carbons (Fsp3) is 0.400. The van der Waals surface area contributed by atoms with E-state index in [9.17, 15) is 0 Å². The van der Waals surface area contributed by atoms with Gasteiger partial charge in [0.1, 0.15) is 0 Å². The van der Waals surface area contributed by atoms with E-state index in [0.29, 0.717) is 19.8 Å². The Balaban J connectivity index is 0.000000257. The van der Waals surface area contributed by atoms with Crippen molar-refractivity contribution in [3.8, 4) is 0 Å². The van der Waals surface area contributed by atoms with E-state index in [1.54, 1.807) is 0 Å². The molecule has 0 amide bonds. The van der Waals surface area contributed by atoms with Gasteiger partial charge in [-0.15, -0.1) is 0 Å². The monoisotopic (exact) mass is 331 g/mol. The van der Waals surface area contributed by atoms with Crippen LogP contribution in [0.2, 0.25) is 0 Å². The average molecular weight is 331 g/mol. The summed E-state index contributed by atoms with van der Waals surface area (Å²) in [6.07, 6.45) is 0.950. The minimum atomic E-state index is -0.472. The maximum absolute atomic E-state index is 5.71. The van der Waals surface area contributed by atoms with Gasteiger partial charge in [-0.1, -0.05) is 42.5 Å². The smallest absolute Gasteiger partial charge is 0.271 e. The van der Waals surface area contributed by atoms with Gasteiger partial charge in [-0.3, -0.25) is 0 Å². The molecule has 2 aromatic rings. The molecule has 0 fully saturated rings. The van der Waals surface area contributed by atoms with Crippen molar-refractivity contribution in [2.24, 2.45) is 0 Å². The van der Waals surface area contributed by atoms with Crippen LogP contribution in [0.4, 0.5) is 5.69 Å². The highest BCUT2D eigenvalue weighted by atomic mass is 16.8. The fourth-order valence-electron chi connectivity index (χ4n) is 2.09. The van der Waals surface area contributed by atoms with Gasteiger partial charge in [0.15, 0.2) is 0 Å². The van der Waals surface area contributed by atoms with Crippen molar-refractivity contribution >= 4 is 5.69 Å². The summed E-state index contributed by atoms with van der Waals surface area (Å²) in [7, 11) is 0. The number of rotatable bonds is 8. The van der Waals surface area contributed by atoms with Crippen molar-refractivity contribution in [2.45, 2.75) is 33.7 Å². The molecule has 4 heteroatoms. The second kappa shape index (κ2) is 12.5. The Morgan fingerprint density at radius 2 is 1.29 bits per heavy atom. The summed E-state index contributed by atoms with van der Waals surface area (Å²) in [5.74, 6) is 0. The highest BCUT2D eigenvalue weighted by Gasteiger charge is 2.04. The van der Waals surface area contributed by atoms with Crippen LogP contribution in [-0.4, -0.2) is 26.3 Å². The number of ether oxygens (including phenoxy) is 3. The molecule has 0 bridgehead atoms. The van der Waals surface area contributed by atoms with Gasteiger partial charge in [-0.25, -0.2) is 0 Å². The lowest BCUT2D eigenvalue weighted by Gasteiger charge is -2.15. The number of anilines is 1. The summed E-state index contributed by atoms with van der Waals surface area (Å²) in [5.41, 5.74) is 9.12. The van der Waals surface area contributed by atoms with Crippen molar-refractivity contribution in [3.05, 3.63) is 65.7 Å². The number of hydrogen-bond donors (Lipinski definition) is 1. The largest absolute Gasteiger partial charge is 0.399 e. The third kappa shape index (κ3) is 8.67. The molecule has 0 spiro atoms. The summed E-state index contributed by atoms with van der Waals surface area (Å²) in [4.78, 5) is 0. The third-order valence-corrected chi connectivity index (χ3v) is 3.11. The summed E-state index contributed by atoms with van der Waals surface area (Å²) in [5, 5.41) is 0. The van der Waals surface area contributed by atoms with Crippen molar-refractivity contribution in [3.63, 3.8) is 0 Å². The van der Waals surface area contributed by atoms with E-state index in [4.69, 9.17) is 19.9 Å². The van der Waals surface area contributed by atoms with Gasteiger partial charge < -0.3 is 19.9 Å². The zero-order chi connectivity index (χ0) is 17.6. The summed E-state index contributed by atoms with van der Waals surface area (Å²) < 4.78 is 15.2. The topological polar surface area (TPSA) is 53.7 Å². The maximum Gasteiger partial charge on any atom is 0.271 e. The molecule has 0 unspecified atom stereocenters. The van der Waals surface area contributed by atoms with E-state index in [1.165, 1.54) is 11.1 Å². The van der Waals surface area contributed by atoms with Gasteiger partial charge >= 0.3 is 0 Å². The molecule has 0 heterocycles. The second-order valence-corrected chi connectivity index (χ2v) is 5.06. The summed E-state index contributed by atoms with van der Waals surface area (Å²) in [6.45, 7) is 7.10. The zero-order valence-electron chi connectivity index (χ0n) is 14.9. The minimum Gasteiger partial charge on any atom is -0.399 e. The Morgan fingerprint density at radius 3 is 1.79 bits per heavy atom. The lowest BCUT2D eigenvalue weighted by atomic mass is 10.0. The van der Waals surface area contributed by atoms with Crippen LogP contribution in [0, 0.1) is 0 Å². The first kappa shape index (κ1) is 20.2. The van der Waals surface area contributed by atoms with Crippen molar-refractivity contribution in [1.29, 1.82) is 0 Å². The van der Waals surface area contributed by atoms with Gasteiger partial charge in [0.05, 0.1) is 0 Å². The first-order valence-electron chi connectivity index (χ1n) is 8.42. The molecule has 0 atom stereocenters. The van der Waals surface area contributed by atoms with Crippen LogP contribution in [0.5, 0.6) is 0 Å². The molecular formula is C20H29NO3. The van der Waals surface area contributed by atoms with Gasteiger partial charge in [-0.05, 0) is 50.5 Å². The lowest BCUT2D eigenvalue weighted by molar-refractivity contribution is -0.282. The highest BCUT2D eigenvalue weighted by Crippen LogP contribution is 2.11. The molecule has 24 heavy (non-hydrogen) atoms. The molecule has 0 aliphatic rings. The van der Waals surface area contributed by atoms with Gasteiger partial charge in [0, 0.05) is 25.5 Å². The summed E-state index contributed by atoms with van der Waals surface area (Å²) in [6, 6.07) is 18.4. The second-order valence-electron chi connectivity index (χ2n) is 5.06. The molecular weight excluding hydrogens is 302 g/mol. The van der Waals surface area contributed by atoms with Crippen LogP contribution in [0.1, 0.15) is 31.9 Å². The molecule has 4 nitrogen and oxygen atoms in total. The van der Waals surface area contributed by atoms with Crippen LogP contribution in [0.3, 0.4) is 0 Å². The Kier molecular flexibility index (Phi) is 10.5. The molecule has 2 aromatic carbocycles. The number of nitrogens with two attached hydrogens (primary N) is 1. The summed E-state index contributed by atoms with van der Waals surface area (Å²) >= 11 is 0. The van der Waals surface area contributed by atoms with E-state index in [2.05, 4.69) is 30.3 Å². The molecule has 0 saturated carbocycles. The van der Waals surface area contributed by atoms with Crippen LogP contribution in [-0.2, 0) is 20.6 Å². The van der Waals surface area contributed by atoms with E-state index in [0.717, 1.165) is 12.1 Å². The van der Waals surface area contributed by atoms with E-state index in [-0.39, 0.29) is 0 Å². The van der Waals surface area contributed by atoms with Crippen LogP contribution >= 0.6 is 0 Å². The quantitative estimate of drug-likeness (QED) is 0.581. The van der Waals surface area contributed by atoms with Crippen molar-refractivity contribution in [1.82, 2.24) is 0 Å². The van der Waals surface area contributed by atoms with E-state index in [1.807, 2.05) is 45.0 Å². The maximum atomic E-state index is 5.71. The number of hydrogen-bond acceptors (Lipinski definition) is 4. The van der Waals surface area contributed by atoms with Crippen LogP contribution < -0.4 is 5.73 Å². The molecule has 0 aliphatic carbocycles. The lowest BCUT2D eigenvalue weighted by Crippen LogP contribution is -2.20. The molecule has 2 rings (SSSR count). The number of benzene rings is 2. The molecule has 0 aromatic heterocycles. The van der Waals surface area contributed by atoms with Crippen LogP contribution in [0.15, 0.2) is 54.6 Å². The normalized spacial score (nSPS) is 10.3. The van der Waals surface area contributed by atoms with Gasteiger partial charge in [0.25, 0.3) is 6.48 Å². The SMILES string of the molecule is CCOC(OCC)OCC.Nc1cccc(Cc2ccccc2)c1. The zero-order valence-corrected chi connectivity index (χ0v) is 14.9. The standard InChI is InChI=1S/C13H13N.C7H16O3/c14-13-8-4-7-12(10-13)9-11-5-2-1-3-6-11;1-4-8-7(9-5-2)10-6-3/h1-8,10H,9,14H2;7H,4-6H2,1-3H3. The van der Waals surface area contributed by atoms with E-state index >= 15 is 0 Å². The van der Waals surface area contributed by atoms with Crippen LogP contribution in [0.25, 0.3) is 0 Å². The minimum absolute atomic E-state index is 0.472. The van der Waals surface area contributed by atoms with Gasteiger partial charge in [0.2, 0.25) is 0 Å². The van der Waals surface area contributed by atoms with Crippen molar-refractivity contribution in [2.75, 3.05) is 25.6 Å². The first-order valence-corrected chi connectivity index (χ1v) is 8.42. The Morgan fingerprint density at radius 1 is 0.750 bits per heavy atom. The Hall–Kier alpha value is -1.88. The molecule has 0 saturated heterocycles. The predicted octanol–water partition coefficient (Wildman–Crippen LogP) is 4.24. The van der Waals surface area contributed by atoms with E-state index < -0.39 is 6.48 Å². The first-order chi connectivity index (χ1) is 11.7. The third-order valence-electron chi connectivity index (χ3n) is 3.11. The highest BCUT2D eigenvalue weighted by molar-refractivity contribution is 5.42. The molecule has 0 radical (unpaired) electrons. The molecule has 132 valence electrons. The Bertz CT molecular complexity index is 531.